The van der Waals surface area contributed by atoms with Crippen molar-refractivity contribution in [1.29, 1.82) is 0 Å². The molecular weight excluding hydrogens is 498 g/mol. The molecule has 0 saturated carbocycles. The fourth-order valence-electron chi connectivity index (χ4n) is 5.18. The Labute approximate surface area is 216 Å². The van der Waals surface area contributed by atoms with Gasteiger partial charge in [0.1, 0.15) is 0 Å². The van der Waals surface area contributed by atoms with Crippen LogP contribution in [-0.2, 0) is 51.9 Å². The van der Waals surface area contributed by atoms with Crippen LogP contribution in [0.5, 0.6) is 0 Å². The second kappa shape index (κ2) is 9.87. The predicted molar refractivity (Wildman–Crippen MR) is 131 cm³/mol. The van der Waals surface area contributed by atoms with Crippen molar-refractivity contribution < 1.29 is 26.2 Å². The number of hydrogen-bond donors (Lipinski definition) is 0. The van der Waals surface area contributed by atoms with Gasteiger partial charge in [-0.2, -0.15) is 0 Å². The van der Waals surface area contributed by atoms with Gasteiger partial charge in [0.15, 0.2) is 0 Å². The van der Waals surface area contributed by atoms with E-state index in [1.54, 1.807) is 11.1 Å². The second-order valence-electron chi connectivity index (χ2n) is 8.05. The van der Waals surface area contributed by atoms with E-state index in [1.165, 1.54) is 44.5 Å². The van der Waals surface area contributed by atoms with Crippen LogP contribution in [0.3, 0.4) is 0 Å². The van der Waals surface area contributed by atoms with Crippen molar-refractivity contribution in [2.45, 2.75) is 25.7 Å². The van der Waals surface area contributed by atoms with Crippen LogP contribution in [0, 0.1) is 0 Å². The Hall–Kier alpha value is -1.66. The van der Waals surface area contributed by atoms with Gasteiger partial charge in [0, 0.05) is 26.2 Å². The van der Waals surface area contributed by atoms with Crippen molar-refractivity contribution in [2.75, 3.05) is 0 Å². The quantitative estimate of drug-likeness (QED) is 0.226. The Bertz CT molecular complexity index is 1130. The summed E-state index contributed by atoms with van der Waals surface area (Å²) in [7, 11) is 0. The summed E-state index contributed by atoms with van der Waals surface area (Å²) in [5, 5.41) is 0. The molecule has 0 nitrogen and oxygen atoms in total. The number of benzene rings is 4. The summed E-state index contributed by atoms with van der Waals surface area (Å²) in [5.74, 6) is 0. The molecule has 0 amide bonds. The zero-order valence-electron chi connectivity index (χ0n) is 17.2. The Balaban J connectivity index is 0.000000907. The third kappa shape index (κ3) is 4.09. The van der Waals surface area contributed by atoms with Gasteiger partial charge < -0.3 is 0 Å². The molecule has 0 radical (unpaired) electrons. The summed E-state index contributed by atoms with van der Waals surface area (Å²) in [6.07, 6.45) is 4.40. The number of hydrogen-bond acceptors (Lipinski definition) is 0. The van der Waals surface area contributed by atoms with Crippen LogP contribution in [0.15, 0.2) is 84.9 Å². The van der Waals surface area contributed by atoms with Gasteiger partial charge in [-0.3, -0.25) is 0 Å². The fraction of sp³-hybridized carbons (Fsp3) is 0.143. The molecule has 0 spiro atoms. The van der Waals surface area contributed by atoms with Gasteiger partial charge in [-0.15, -0.1) is 24.8 Å². The molecule has 4 aromatic rings. The number of halogens is 2. The molecule has 0 bridgehead atoms. The minimum atomic E-state index is 0. The molecule has 0 heterocycles. The Morgan fingerprint density at radius 2 is 0.839 bits per heavy atom. The maximum atomic E-state index is 2.34. The van der Waals surface area contributed by atoms with Gasteiger partial charge in [0.25, 0.3) is 0 Å². The molecule has 0 aliphatic heterocycles. The molecule has 0 fully saturated rings. The standard InChI is InChI=1S/C28H22.2ClH.Zr/c1-3-11-23-21(7-1)17-27-19(9-5-13-25(23)27)15-16-20-10-6-14-26-24-12-4-2-8-22(24)18-28(20)26;;;/h1-14H,15-18H2;2*1H;. The third-order valence-corrected chi connectivity index (χ3v) is 6.56. The average molecular weight is 523 g/mol. The van der Waals surface area contributed by atoms with E-state index in [0.29, 0.717) is 0 Å². The first-order chi connectivity index (χ1) is 13.9. The molecule has 0 atom stereocenters. The van der Waals surface area contributed by atoms with E-state index < -0.39 is 0 Å². The first-order valence-electron chi connectivity index (χ1n) is 10.3. The zero-order chi connectivity index (χ0) is 18.5. The van der Waals surface area contributed by atoms with Crippen LogP contribution in [0.1, 0.15) is 33.4 Å². The molecule has 0 saturated heterocycles. The van der Waals surface area contributed by atoms with Gasteiger partial charge in [0.05, 0.1) is 0 Å². The van der Waals surface area contributed by atoms with E-state index in [-0.39, 0.29) is 51.0 Å². The van der Waals surface area contributed by atoms with Crippen molar-refractivity contribution in [1.82, 2.24) is 0 Å². The Morgan fingerprint density at radius 3 is 1.29 bits per heavy atom. The van der Waals surface area contributed by atoms with Gasteiger partial charge in [-0.05, 0) is 81.3 Å². The SMILES string of the molecule is Cl.Cl.[Zr].c1ccc2c(c1)Cc1c(CCc3cccc4c3Cc3ccccc3-4)cccc1-2. The Kier molecular flexibility index (Phi) is 7.64. The predicted octanol–water partition coefficient (Wildman–Crippen LogP) is 7.46. The van der Waals surface area contributed by atoms with Crippen LogP contribution in [0.4, 0.5) is 0 Å². The van der Waals surface area contributed by atoms with Crippen LogP contribution in [0.2, 0.25) is 0 Å². The summed E-state index contributed by atoms with van der Waals surface area (Å²) in [5.41, 5.74) is 14.8. The molecule has 0 unspecified atom stereocenters. The van der Waals surface area contributed by atoms with Crippen LogP contribution >= 0.6 is 24.8 Å². The fourth-order valence-corrected chi connectivity index (χ4v) is 5.18. The van der Waals surface area contributed by atoms with E-state index in [0.717, 1.165) is 25.7 Å². The van der Waals surface area contributed by atoms with Crippen molar-refractivity contribution in [3.05, 3.63) is 118 Å². The van der Waals surface area contributed by atoms with Crippen molar-refractivity contribution in [2.24, 2.45) is 0 Å². The van der Waals surface area contributed by atoms with Crippen LogP contribution in [-0.4, -0.2) is 0 Å². The molecule has 31 heavy (non-hydrogen) atoms. The summed E-state index contributed by atoms with van der Waals surface area (Å²) < 4.78 is 0. The van der Waals surface area contributed by atoms with Gasteiger partial charge >= 0.3 is 0 Å². The van der Waals surface area contributed by atoms with Crippen LogP contribution in [0.25, 0.3) is 22.3 Å². The van der Waals surface area contributed by atoms with Crippen molar-refractivity contribution in [3.8, 4) is 22.3 Å². The molecule has 4 aromatic carbocycles. The van der Waals surface area contributed by atoms with E-state index in [4.69, 9.17) is 0 Å². The van der Waals surface area contributed by atoms with E-state index in [9.17, 15) is 0 Å². The maximum absolute atomic E-state index is 2.34. The monoisotopic (exact) mass is 520 g/mol. The third-order valence-electron chi connectivity index (χ3n) is 6.56. The molecule has 3 heteroatoms. The maximum Gasteiger partial charge on any atom is 0 e. The smallest absolute Gasteiger partial charge is 0 e. The minimum absolute atomic E-state index is 0. The average Bonchev–Trinajstić information content (AvgIpc) is 3.31. The van der Waals surface area contributed by atoms with Gasteiger partial charge in [-0.25, -0.2) is 0 Å². The van der Waals surface area contributed by atoms with Crippen molar-refractivity contribution >= 4 is 24.8 Å². The molecule has 6 rings (SSSR count). The molecular formula is C28H24Cl2Zr. The zero-order valence-corrected chi connectivity index (χ0v) is 21.3. The number of fused-ring (bicyclic) bond motifs is 6. The number of rotatable bonds is 3. The normalized spacial score (nSPS) is 11.7. The van der Waals surface area contributed by atoms with E-state index in [2.05, 4.69) is 84.9 Å². The topological polar surface area (TPSA) is 0 Å². The molecule has 2 aliphatic rings. The largest absolute Gasteiger partial charge is 0.147 e. The van der Waals surface area contributed by atoms with Crippen LogP contribution < -0.4 is 0 Å². The van der Waals surface area contributed by atoms with E-state index in [1.807, 2.05) is 0 Å². The molecule has 0 N–H and O–H groups in total. The summed E-state index contributed by atoms with van der Waals surface area (Å²) in [6, 6.07) is 31.5. The molecule has 2 aliphatic carbocycles. The first kappa shape index (κ1) is 24.0. The summed E-state index contributed by atoms with van der Waals surface area (Å²) >= 11 is 0. The minimum Gasteiger partial charge on any atom is -0.147 e. The summed E-state index contributed by atoms with van der Waals surface area (Å²) in [4.78, 5) is 0. The van der Waals surface area contributed by atoms with Gasteiger partial charge in [0.2, 0.25) is 0 Å². The molecule has 0 aromatic heterocycles. The van der Waals surface area contributed by atoms with E-state index >= 15 is 0 Å². The van der Waals surface area contributed by atoms with Crippen molar-refractivity contribution in [3.63, 3.8) is 0 Å². The summed E-state index contributed by atoms with van der Waals surface area (Å²) in [6.45, 7) is 0. The van der Waals surface area contributed by atoms with Gasteiger partial charge in [-0.1, -0.05) is 84.9 Å². The Morgan fingerprint density at radius 1 is 0.452 bits per heavy atom. The first-order valence-corrected chi connectivity index (χ1v) is 10.3. The number of aryl methyl sites for hydroxylation is 2. The molecule has 154 valence electrons. The second-order valence-corrected chi connectivity index (χ2v) is 8.05.